The van der Waals surface area contributed by atoms with Gasteiger partial charge in [0.05, 0.1) is 29.8 Å². The molecule has 1 aromatic carbocycles. The molecule has 1 aliphatic rings. The molecule has 16 heavy (non-hydrogen) atoms. The largest absolute Gasteiger partial charge is 0.489 e. The van der Waals surface area contributed by atoms with Gasteiger partial charge in [-0.3, -0.25) is 0 Å². The maximum Gasteiger partial charge on any atom is 0.335 e. The van der Waals surface area contributed by atoms with Crippen molar-refractivity contribution in [3.63, 3.8) is 0 Å². The Bertz CT molecular complexity index is 465. The van der Waals surface area contributed by atoms with Crippen LogP contribution in [0.1, 0.15) is 16.8 Å². The molecule has 0 radical (unpaired) electrons. The first kappa shape index (κ1) is 10.3. The second-order valence-corrected chi connectivity index (χ2v) is 3.53. The van der Waals surface area contributed by atoms with E-state index in [0.717, 1.165) is 5.69 Å². The molecule has 82 valence electrons. The van der Waals surface area contributed by atoms with Gasteiger partial charge < -0.3 is 15.2 Å². The van der Waals surface area contributed by atoms with Crippen LogP contribution in [0.25, 0.3) is 0 Å². The summed E-state index contributed by atoms with van der Waals surface area (Å²) in [6, 6.07) is 6.67. The van der Waals surface area contributed by atoms with Crippen LogP contribution >= 0.6 is 0 Å². The first-order chi connectivity index (χ1) is 7.70. The quantitative estimate of drug-likeness (QED) is 0.785. The zero-order chi connectivity index (χ0) is 11.5. The first-order valence-electron chi connectivity index (χ1n) is 4.84. The van der Waals surface area contributed by atoms with Crippen molar-refractivity contribution in [2.45, 2.75) is 12.5 Å². The fourth-order valence-electron chi connectivity index (χ4n) is 1.57. The number of hydrogen-bond acceptors (Lipinski definition) is 4. The third-order valence-corrected chi connectivity index (χ3v) is 2.37. The predicted octanol–water partition coefficient (Wildman–Crippen LogP) is 1.47. The average Bonchev–Trinajstić information content (AvgIpc) is 2.28. The Kier molecular flexibility index (Phi) is 2.64. The van der Waals surface area contributed by atoms with Crippen LogP contribution < -0.4 is 10.1 Å². The molecule has 0 aliphatic carbocycles. The number of fused-ring (bicyclic) bond motifs is 1. The van der Waals surface area contributed by atoms with E-state index in [1.165, 1.54) is 12.1 Å². The molecule has 5 heteroatoms. The van der Waals surface area contributed by atoms with Crippen LogP contribution in [0.15, 0.2) is 18.2 Å². The lowest BCUT2D eigenvalue weighted by molar-refractivity contribution is 0.0696. The number of carboxylic acid groups (broad SMARTS) is 1. The molecule has 1 atom stereocenters. The Hall–Kier alpha value is -2.22. The van der Waals surface area contributed by atoms with Gasteiger partial charge in [0.15, 0.2) is 0 Å². The van der Waals surface area contributed by atoms with E-state index in [0.29, 0.717) is 18.8 Å². The first-order valence-corrected chi connectivity index (χ1v) is 4.84. The minimum atomic E-state index is -0.981. The SMILES string of the molecule is N#CCC1COc2cc(C(=O)O)ccc2N1. The molecule has 0 spiro atoms. The number of ether oxygens (including phenoxy) is 1. The number of carboxylic acids is 1. The highest BCUT2D eigenvalue weighted by Gasteiger charge is 2.19. The van der Waals surface area contributed by atoms with Crippen molar-refractivity contribution in [1.82, 2.24) is 0 Å². The summed E-state index contributed by atoms with van der Waals surface area (Å²) in [4.78, 5) is 10.7. The molecular formula is C11H10N2O3. The maximum atomic E-state index is 10.7. The van der Waals surface area contributed by atoms with Crippen LogP contribution in [0.5, 0.6) is 5.75 Å². The molecule has 5 nitrogen and oxygen atoms in total. The van der Waals surface area contributed by atoms with Gasteiger partial charge in [-0.1, -0.05) is 0 Å². The molecular weight excluding hydrogens is 208 g/mol. The molecule has 2 rings (SSSR count). The lowest BCUT2D eigenvalue weighted by Gasteiger charge is -2.26. The maximum absolute atomic E-state index is 10.7. The lowest BCUT2D eigenvalue weighted by Crippen LogP contribution is -2.31. The second kappa shape index (κ2) is 4.11. The summed E-state index contributed by atoms with van der Waals surface area (Å²) in [5.74, 6) is -0.459. The van der Waals surface area contributed by atoms with Crippen molar-refractivity contribution in [2.75, 3.05) is 11.9 Å². The Balaban J connectivity index is 2.23. The number of nitrogens with one attached hydrogen (secondary N) is 1. The molecule has 0 fully saturated rings. The van der Waals surface area contributed by atoms with Crippen molar-refractivity contribution < 1.29 is 14.6 Å². The molecule has 0 amide bonds. The van der Waals surface area contributed by atoms with Gasteiger partial charge in [0.2, 0.25) is 0 Å². The summed E-state index contributed by atoms with van der Waals surface area (Å²) in [5, 5.41) is 20.5. The number of hydrogen-bond donors (Lipinski definition) is 2. The van der Waals surface area contributed by atoms with Crippen LogP contribution in [0, 0.1) is 11.3 Å². The molecule has 0 aromatic heterocycles. The van der Waals surface area contributed by atoms with Gasteiger partial charge in [0.25, 0.3) is 0 Å². The second-order valence-electron chi connectivity index (χ2n) is 3.53. The number of rotatable bonds is 2. The fourth-order valence-corrected chi connectivity index (χ4v) is 1.57. The van der Waals surface area contributed by atoms with Gasteiger partial charge in [0.1, 0.15) is 12.4 Å². The van der Waals surface area contributed by atoms with Gasteiger partial charge in [-0.2, -0.15) is 5.26 Å². The highest BCUT2D eigenvalue weighted by Crippen LogP contribution is 2.30. The summed E-state index contributed by atoms with van der Waals surface area (Å²) < 4.78 is 5.40. The Morgan fingerprint density at radius 2 is 2.50 bits per heavy atom. The molecule has 1 heterocycles. The lowest BCUT2D eigenvalue weighted by atomic mass is 10.1. The molecule has 1 aliphatic heterocycles. The van der Waals surface area contributed by atoms with Crippen LogP contribution in [0.4, 0.5) is 5.69 Å². The van der Waals surface area contributed by atoms with E-state index in [4.69, 9.17) is 15.1 Å². The van der Waals surface area contributed by atoms with Gasteiger partial charge >= 0.3 is 5.97 Å². The van der Waals surface area contributed by atoms with Crippen molar-refractivity contribution in [3.05, 3.63) is 23.8 Å². The van der Waals surface area contributed by atoms with Gasteiger partial charge in [0, 0.05) is 0 Å². The third kappa shape index (κ3) is 1.91. The smallest absolute Gasteiger partial charge is 0.335 e. The molecule has 2 N–H and O–H groups in total. The highest BCUT2D eigenvalue weighted by atomic mass is 16.5. The zero-order valence-electron chi connectivity index (χ0n) is 8.43. The monoisotopic (exact) mass is 218 g/mol. The van der Waals surface area contributed by atoms with Crippen molar-refractivity contribution in [3.8, 4) is 11.8 Å². The standard InChI is InChI=1S/C11H10N2O3/c12-4-3-8-6-16-10-5-7(11(14)15)1-2-9(10)13-8/h1-2,5,8,13H,3,6H2,(H,14,15). The van der Waals surface area contributed by atoms with E-state index >= 15 is 0 Å². The number of benzene rings is 1. The topological polar surface area (TPSA) is 82.3 Å². The Morgan fingerprint density at radius 3 is 3.19 bits per heavy atom. The summed E-state index contributed by atoms with van der Waals surface area (Å²) >= 11 is 0. The van der Waals surface area contributed by atoms with Crippen molar-refractivity contribution in [1.29, 1.82) is 5.26 Å². The van der Waals surface area contributed by atoms with E-state index in [1.54, 1.807) is 6.07 Å². The zero-order valence-corrected chi connectivity index (χ0v) is 8.43. The molecule has 0 saturated carbocycles. The van der Waals surface area contributed by atoms with Crippen LogP contribution in [-0.4, -0.2) is 23.7 Å². The Labute approximate surface area is 92.3 Å². The number of nitrogens with zero attached hydrogens (tertiary/aromatic N) is 1. The number of aromatic carboxylic acids is 1. The third-order valence-electron chi connectivity index (χ3n) is 2.37. The number of anilines is 1. The summed E-state index contributed by atoms with van der Waals surface area (Å²) in [5.41, 5.74) is 0.927. The summed E-state index contributed by atoms with van der Waals surface area (Å²) in [6.45, 7) is 0.379. The fraction of sp³-hybridized carbons (Fsp3) is 0.273. The minimum Gasteiger partial charge on any atom is -0.489 e. The average molecular weight is 218 g/mol. The molecule has 0 bridgehead atoms. The molecule has 1 aromatic rings. The minimum absolute atomic E-state index is 0.0341. The predicted molar refractivity (Wildman–Crippen MR) is 56.5 cm³/mol. The van der Waals surface area contributed by atoms with Gasteiger partial charge in [-0.15, -0.1) is 0 Å². The number of carbonyl (C=O) groups is 1. The summed E-state index contributed by atoms with van der Waals surface area (Å²) in [6.07, 6.45) is 0.361. The molecule has 1 unspecified atom stereocenters. The van der Waals surface area contributed by atoms with E-state index < -0.39 is 5.97 Å². The van der Waals surface area contributed by atoms with E-state index in [-0.39, 0.29) is 11.6 Å². The van der Waals surface area contributed by atoms with E-state index in [9.17, 15) is 4.79 Å². The van der Waals surface area contributed by atoms with Crippen LogP contribution in [0.2, 0.25) is 0 Å². The van der Waals surface area contributed by atoms with Crippen LogP contribution in [-0.2, 0) is 0 Å². The van der Waals surface area contributed by atoms with Gasteiger partial charge in [-0.25, -0.2) is 4.79 Å². The summed E-state index contributed by atoms with van der Waals surface area (Å²) in [7, 11) is 0. The van der Waals surface area contributed by atoms with Crippen molar-refractivity contribution >= 4 is 11.7 Å². The number of nitriles is 1. The Morgan fingerprint density at radius 1 is 1.69 bits per heavy atom. The normalized spacial score (nSPS) is 17.6. The van der Waals surface area contributed by atoms with Crippen molar-refractivity contribution in [2.24, 2.45) is 0 Å². The van der Waals surface area contributed by atoms with E-state index in [2.05, 4.69) is 11.4 Å². The van der Waals surface area contributed by atoms with Gasteiger partial charge in [-0.05, 0) is 18.2 Å². The van der Waals surface area contributed by atoms with E-state index in [1.807, 2.05) is 0 Å². The molecule has 0 saturated heterocycles. The van der Waals surface area contributed by atoms with Crippen LogP contribution in [0.3, 0.4) is 0 Å². The highest BCUT2D eigenvalue weighted by molar-refractivity contribution is 5.89.